The third-order valence-corrected chi connectivity index (χ3v) is 7.70. The highest BCUT2D eigenvalue weighted by Gasteiger charge is 2.37. The summed E-state index contributed by atoms with van der Waals surface area (Å²) < 4.78 is 35.2. The number of fused-ring (bicyclic) bond motifs is 1. The highest BCUT2D eigenvalue weighted by Crippen LogP contribution is 2.48. The molecule has 2 fully saturated rings. The van der Waals surface area contributed by atoms with Crippen LogP contribution in [0, 0.1) is 36.3 Å². The minimum absolute atomic E-state index is 0.0162. The maximum Gasteiger partial charge on any atom is 0.346 e. The summed E-state index contributed by atoms with van der Waals surface area (Å²) in [7, 11) is 0. The molecule has 0 amide bonds. The number of rotatable bonds is 6. The lowest BCUT2D eigenvalue weighted by molar-refractivity contribution is 0.0728. The summed E-state index contributed by atoms with van der Waals surface area (Å²) in [5.74, 6) is -0.431. The molecule has 176 valence electrons. The van der Waals surface area contributed by atoms with Crippen LogP contribution in [-0.2, 0) is 0 Å². The molecule has 4 heteroatoms. The Kier molecular flexibility index (Phi) is 7.62. The number of aryl methyl sites for hydroxylation is 1. The average Bonchev–Trinajstić information content (AvgIpc) is 2.82. The zero-order valence-corrected chi connectivity index (χ0v) is 19.7. The van der Waals surface area contributed by atoms with Gasteiger partial charge in [0.1, 0.15) is 5.75 Å². The van der Waals surface area contributed by atoms with E-state index in [-0.39, 0.29) is 11.5 Å². The molecule has 4 rings (SSSR count). The first-order chi connectivity index (χ1) is 16.0. The maximum absolute atomic E-state index is 15.1. The van der Waals surface area contributed by atoms with Crippen LogP contribution in [0.3, 0.4) is 0 Å². The van der Waals surface area contributed by atoms with Crippen LogP contribution in [0.15, 0.2) is 48.6 Å². The van der Waals surface area contributed by atoms with Crippen molar-refractivity contribution >= 4 is 5.97 Å². The molecule has 4 atom stereocenters. The van der Waals surface area contributed by atoms with Gasteiger partial charge in [0.15, 0.2) is 11.6 Å². The topological polar surface area (TPSA) is 26.3 Å². The monoisotopic (exact) mass is 452 g/mol. The van der Waals surface area contributed by atoms with Crippen molar-refractivity contribution < 1.29 is 18.3 Å². The molecule has 0 bridgehead atoms. The van der Waals surface area contributed by atoms with E-state index in [1.165, 1.54) is 31.7 Å². The largest absolute Gasteiger partial charge is 0.423 e. The molecule has 2 aliphatic rings. The number of hydrogen-bond acceptors (Lipinski definition) is 2. The molecule has 2 aliphatic carbocycles. The van der Waals surface area contributed by atoms with E-state index in [0.717, 1.165) is 37.2 Å². The van der Waals surface area contributed by atoms with Crippen molar-refractivity contribution in [1.29, 1.82) is 0 Å². The molecular weight excluding hydrogens is 418 g/mol. The van der Waals surface area contributed by atoms with Crippen LogP contribution in [0.25, 0.3) is 0 Å². The van der Waals surface area contributed by atoms with E-state index in [1.54, 1.807) is 30.3 Å². The Morgan fingerprint density at radius 1 is 0.970 bits per heavy atom. The second-order valence-electron chi connectivity index (χ2n) is 9.89. The average molecular weight is 453 g/mol. The second kappa shape index (κ2) is 10.6. The summed E-state index contributed by atoms with van der Waals surface area (Å²) in [6.07, 6.45) is 13.4. The zero-order chi connectivity index (χ0) is 23.4. The summed E-state index contributed by atoms with van der Waals surface area (Å²) in [5, 5.41) is 0. The van der Waals surface area contributed by atoms with Gasteiger partial charge >= 0.3 is 5.97 Å². The van der Waals surface area contributed by atoms with Gasteiger partial charge in [-0.25, -0.2) is 13.6 Å². The van der Waals surface area contributed by atoms with Gasteiger partial charge in [0.2, 0.25) is 0 Å². The number of allylic oxidation sites excluding steroid dienone is 2. The van der Waals surface area contributed by atoms with Crippen LogP contribution in [0.1, 0.15) is 85.7 Å². The Labute approximate surface area is 196 Å². The highest BCUT2D eigenvalue weighted by molar-refractivity contribution is 5.91. The van der Waals surface area contributed by atoms with E-state index in [1.807, 2.05) is 6.92 Å². The van der Waals surface area contributed by atoms with Crippen LogP contribution in [-0.4, -0.2) is 5.97 Å². The summed E-state index contributed by atoms with van der Waals surface area (Å²) in [5.41, 5.74) is 1.08. The normalized spacial score (nSPS) is 25.1. The van der Waals surface area contributed by atoms with Crippen LogP contribution in [0.5, 0.6) is 5.75 Å². The first-order valence-electron chi connectivity index (χ1n) is 12.3. The Hall–Kier alpha value is -2.49. The molecule has 0 saturated heterocycles. The van der Waals surface area contributed by atoms with E-state index in [2.05, 4.69) is 19.1 Å². The molecule has 0 heterocycles. The molecule has 0 spiro atoms. The van der Waals surface area contributed by atoms with Crippen LogP contribution < -0.4 is 4.74 Å². The fourth-order valence-corrected chi connectivity index (χ4v) is 5.84. The lowest BCUT2D eigenvalue weighted by Crippen LogP contribution is -2.30. The van der Waals surface area contributed by atoms with Gasteiger partial charge in [-0.2, -0.15) is 0 Å². The Balaban J connectivity index is 1.40. The first-order valence-corrected chi connectivity index (χ1v) is 12.3. The molecule has 4 unspecified atom stereocenters. The summed E-state index contributed by atoms with van der Waals surface area (Å²) >= 11 is 0. The number of hydrogen-bond donors (Lipinski definition) is 0. The van der Waals surface area contributed by atoms with E-state index in [4.69, 9.17) is 4.74 Å². The Morgan fingerprint density at radius 2 is 1.70 bits per heavy atom. The van der Waals surface area contributed by atoms with E-state index in [9.17, 15) is 9.18 Å². The van der Waals surface area contributed by atoms with Gasteiger partial charge in [-0.3, -0.25) is 0 Å². The van der Waals surface area contributed by atoms with Gasteiger partial charge in [0.05, 0.1) is 5.56 Å². The first kappa shape index (κ1) is 23.7. The number of halogens is 2. The molecule has 0 N–H and O–H groups in total. The molecule has 0 radical (unpaired) electrons. The van der Waals surface area contributed by atoms with Crippen molar-refractivity contribution in [3.8, 4) is 5.75 Å². The highest BCUT2D eigenvalue weighted by atomic mass is 19.2. The Bertz CT molecular complexity index is 995. The molecule has 2 saturated carbocycles. The minimum atomic E-state index is -1.10. The fraction of sp³-hybridized carbons (Fsp3) is 0.483. The van der Waals surface area contributed by atoms with Gasteiger partial charge in [0, 0.05) is 0 Å². The van der Waals surface area contributed by atoms with Gasteiger partial charge in [-0.05, 0) is 106 Å². The SMILES string of the molecule is C/C=C/CCC1CCC2CC(c3ccc(C(=O)Oc4ccc(C)cc4)c(F)c3F)CCC2C1. The van der Waals surface area contributed by atoms with Crippen molar-refractivity contribution in [3.63, 3.8) is 0 Å². The van der Waals surface area contributed by atoms with E-state index in [0.29, 0.717) is 23.1 Å². The predicted molar refractivity (Wildman–Crippen MR) is 127 cm³/mol. The summed E-state index contributed by atoms with van der Waals surface area (Å²) in [6.45, 7) is 3.99. The lowest BCUT2D eigenvalue weighted by atomic mass is 9.63. The molecule has 0 aromatic heterocycles. The number of carbonyl (C=O) groups excluding carboxylic acids is 1. The van der Waals surface area contributed by atoms with Gasteiger partial charge < -0.3 is 4.74 Å². The summed E-state index contributed by atoms with van der Waals surface area (Å²) in [6, 6.07) is 9.86. The van der Waals surface area contributed by atoms with Crippen molar-refractivity contribution in [3.05, 3.63) is 76.9 Å². The Morgan fingerprint density at radius 3 is 2.45 bits per heavy atom. The second-order valence-corrected chi connectivity index (χ2v) is 9.89. The number of esters is 1. The molecular formula is C29H34F2O2. The number of benzene rings is 2. The maximum atomic E-state index is 15.1. The lowest BCUT2D eigenvalue weighted by Gasteiger charge is -2.42. The van der Waals surface area contributed by atoms with Crippen molar-refractivity contribution in [2.75, 3.05) is 0 Å². The van der Waals surface area contributed by atoms with Crippen molar-refractivity contribution in [2.24, 2.45) is 17.8 Å². The van der Waals surface area contributed by atoms with Crippen LogP contribution in [0.2, 0.25) is 0 Å². The molecule has 2 nitrogen and oxygen atoms in total. The van der Waals surface area contributed by atoms with Crippen LogP contribution in [0.4, 0.5) is 8.78 Å². The molecule has 33 heavy (non-hydrogen) atoms. The zero-order valence-electron chi connectivity index (χ0n) is 19.7. The number of ether oxygens (including phenoxy) is 1. The third kappa shape index (κ3) is 5.54. The summed E-state index contributed by atoms with van der Waals surface area (Å²) in [4.78, 5) is 12.4. The molecule has 0 aliphatic heterocycles. The van der Waals surface area contributed by atoms with E-state index >= 15 is 4.39 Å². The van der Waals surface area contributed by atoms with Gasteiger partial charge in [0.25, 0.3) is 0 Å². The smallest absolute Gasteiger partial charge is 0.346 e. The molecule has 2 aromatic rings. The molecule has 2 aromatic carbocycles. The fourth-order valence-electron chi connectivity index (χ4n) is 5.84. The van der Waals surface area contributed by atoms with E-state index < -0.39 is 17.6 Å². The van der Waals surface area contributed by atoms with Crippen LogP contribution >= 0.6 is 0 Å². The van der Waals surface area contributed by atoms with Crippen molar-refractivity contribution in [1.82, 2.24) is 0 Å². The third-order valence-electron chi connectivity index (χ3n) is 7.70. The van der Waals surface area contributed by atoms with Crippen molar-refractivity contribution in [2.45, 2.75) is 71.1 Å². The van der Waals surface area contributed by atoms with Gasteiger partial charge in [-0.15, -0.1) is 0 Å². The predicted octanol–water partition coefficient (Wildman–Crippen LogP) is 8.15. The standard InChI is InChI=1S/C29H34F2O2/c1-3-4-5-6-20-9-10-22-18-23(12-11-21(22)17-20)25-15-16-26(28(31)27(25)30)29(32)33-24-13-7-19(2)8-14-24/h3-4,7-8,13-16,20-23H,5-6,9-12,17-18H2,1-2H3/b4-3+. The quantitative estimate of drug-likeness (QED) is 0.251. The minimum Gasteiger partial charge on any atom is -0.423 e. The van der Waals surface area contributed by atoms with Gasteiger partial charge in [-0.1, -0.05) is 42.3 Å². The number of carbonyl (C=O) groups is 1.